The molecule has 0 aromatic carbocycles. The van der Waals surface area contributed by atoms with Crippen LogP contribution in [0.25, 0.3) is 0 Å². The van der Waals surface area contributed by atoms with Gasteiger partial charge in [-0.3, -0.25) is 15.4 Å². The Morgan fingerprint density at radius 2 is 1.96 bits per heavy atom. The lowest BCUT2D eigenvalue weighted by Gasteiger charge is -2.36. The molecule has 0 unspecified atom stereocenters. The van der Waals surface area contributed by atoms with Gasteiger partial charge < -0.3 is 9.80 Å². The van der Waals surface area contributed by atoms with Crippen LogP contribution in [0.2, 0.25) is 0 Å². The number of thiocarbonyl (C=S) groups is 1. The zero-order valence-corrected chi connectivity index (χ0v) is 14.3. The van der Waals surface area contributed by atoms with Crippen LogP contribution in [0.15, 0.2) is 48.1 Å². The molecule has 1 fully saturated rings. The van der Waals surface area contributed by atoms with Crippen LogP contribution >= 0.6 is 12.2 Å². The molecule has 8 heteroatoms. The number of nitrogens with zero attached hydrogens (tertiary/aromatic N) is 6. The van der Waals surface area contributed by atoms with Crippen molar-refractivity contribution in [3.8, 4) is 0 Å². The fraction of sp³-hybridized carbons (Fsp3) is 0.312. The standard InChI is InChI=1S/C16H19N7S/c1-13(14-4-2-3-5-18-14)20-21-16(24)23-10-8-22(9-11-23)15-12-17-6-7-19-15/h2-7,12H,8-11H2,1H3,(H,21,24)/b20-13-. The van der Waals surface area contributed by atoms with Crippen LogP contribution in [0.1, 0.15) is 12.6 Å². The molecular weight excluding hydrogens is 322 g/mol. The fourth-order valence-electron chi connectivity index (χ4n) is 2.43. The maximum Gasteiger partial charge on any atom is 0.189 e. The van der Waals surface area contributed by atoms with E-state index in [9.17, 15) is 0 Å². The minimum absolute atomic E-state index is 0.629. The molecule has 2 aromatic heterocycles. The number of hydrazone groups is 1. The summed E-state index contributed by atoms with van der Waals surface area (Å²) < 4.78 is 0. The summed E-state index contributed by atoms with van der Waals surface area (Å²) >= 11 is 5.44. The molecular formula is C16H19N7S. The van der Waals surface area contributed by atoms with Crippen molar-refractivity contribution in [1.29, 1.82) is 0 Å². The van der Waals surface area contributed by atoms with E-state index in [2.05, 4.69) is 35.3 Å². The molecule has 1 aliphatic rings. The number of hydrogen-bond acceptors (Lipinski definition) is 6. The molecule has 1 N–H and O–H groups in total. The monoisotopic (exact) mass is 341 g/mol. The van der Waals surface area contributed by atoms with Crippen LogP contribution in [0.3, 0.4) is 0 Å². The summed E-state index contributed by atoms with van der Waals surface area (Å²) in [6.07, 6.45) is 6.93. The number of anilines is 1. The van der Waals surface area contributed by atoms with Gasteiger partial charge in [0.25, 0.3) is 0 Å². The summed E-state index contributed by atoms with van der Waals surface area (Å²) in [5.74, 6) is 0.903. The smallest absolute Gasteiger partial charge is 0.189 e. The Hall–Kier alpha value is -2.61. The molecule has 0 radical (unpaired) electrons. The highest BCUT2D eigenvalue weighted by molar-refractivity contribution is 7.80. The quantitative estimate of drug-likeness (QED) is 0.512. The van der Waals surface area contributed by atoms with E-state index in [1.807, 2.05) is 25.1 Å². The number of nitrogens with one attached hydrogen (secondary N) is 1. The largest absolute Gasteiger partial charge is 0.352 e. The summed E-state index contributed by atoms with van der Waals surface area (Å²) in [4.78, 5) is 17.0. The van der Waals surface area contributed by atoms with Crippen LogP contribution in [0, 0.1) is 0 Å². The van der Waals surface area contributed by atoms with Crippen LogP contribution in [0.4, 0.5) is 5.82 Å². The van der Waals surface area contributed by atoms with Crippen molar-refractivity contribution in [2.45, 2.75) is 6.92 Å². The predicted molar refractivity (Wildman–Crippen MR) is 98.0 cm³/mol. The van der Waals surface area contributed by atoms with Crippen LogP contribution in [0.5, 0.6) is 0 Å². The second kappa shape index (κ2) is 7.78. The molecule has 1 saturated heterocycles. The Labute approximate surface area is 146 Å². The van der Waals surface area contributed by atoms with E-state index in [-0.39, 0.29) is 0 Å². The fourth-order valence-corrected chi connectivity index (χ4v) is 2.66. The second-order valence-electron chi connectivity index (χ2n) is 5.37. The molecule has 2 aromatic rings. The SMILES string of the molecule is C/C(=N/NC(=S)N1CCN(c2cnccn2)CC1)c1ccccn1. The molecule has 24 heavy (non-hydrogen) atoms. The highest BCUT2D eigenvalue weighted by Gasteiger charge is 2.19. The molecule has 0 spiro atoms. The Morgan fingerprint density at radius 3 is 2.62 bits per heavy atom. The molecule has 0 amide bonds. The van der Waals surface area contributed by atoms with Crippen LogP contribution < -0.4 is 10.3 Å². The molecule has 0 bridgehead atoms. The Balaban J connectivity index is 1.52. The first-order valence-electron chi connectivity index (χ1n) is 7.75. The van der Waals surface area contributed by atoms with Crippen molar-refractivity contribution in [3.63, 3.8) is 0 Å². The van der Waals surface area contributed by atoms with Crippen molar-refractivity contribution in [3.05, 3.63) is 48.7 Å². The third-order valence-corrected chi connectivity index (χ3v) is 4.14. The van der Waals surface area contributed by atoms with Gasteiger partial charge in [-0.1, -0.05) is 6.07 Å². The highest BCUT2D eigenvalue weighted by atomic mass is 32.1. The van der Waals surface area contributed by atoms with Gasteiger partial charge in [0.15, 0.2) is 5.11 Å². The Morgan fingerprint density at radius 1 is 1.12 bits per heavy atom. The molecule has 0 atom stereocenters. The van der Waals surface area contributed by atoms with Crippen LogP contribution in [-0.4, -0.2) is 56.9 Å². The summed E-state index contributed by atoms with van der Waals surface area (Å²) in [5, 5.41) is 4.96. The van der Waals surface area contributed by atoms with Gasteiger partial charge in [-0.15, -0.1) is 0 Å². The summed E-state index contributed by atoms with van der Waals surface area (Å²) in [6.45, 7) is 5.25. The maximum atomic E-state index is 5.44. The first-order chi connectivity index (χ1) is 11.7. The topological polar surface area (TPSA) is 69.5 Å². The molecule has 0 saturated carbocycles. The molecule has 0 aliphatic carbocycles. The predicted octanol–water partition coefficient (Wildman–Crippen LogP) is 1.29. The van der Waals surface area contributed by atoms with Gasteiger partial charge in [0.2, 0.25) is 0 Å². The van der Waals surface area contributed by atoms with Gasteiger partial charge >= 0.3 is 0 Å². The Bertz CT molecular complexity index is 697. The zero-order chi connectivity index (χ0) is 16.8. The molecule has 3 heterocycles. The molecule has 7 nitrogen and oxygen atoms in total. The first kappa shape index (κ1) is 16.3. The van der Waals surface area contributed by atoms with Gasteiger partial charge in [-0.2, -0.15) is 5.10 Å². The number of hydrogen-bond donors (Lipinski definition) is 1. The number of pyridine rings is 1. The third kappa shape index (κ3) is 4.02. The van der Waals surface area contributed by atoms with E-state index in [0.29, 0.717) is 5.11 Å². The normalized spacial score (nSPS) is 15.3. The van der Waals surface area contributed by atoms with Crippen molar-refractivity contribution in [1.82, 2.24) is 25.3 Å². The van der Waals surface area contributed by atoms with E-state index in [4.69, 9.17) is 12.2 Å². The number of aromatic nitrogens is 3. The van der Waals surface area contributed by atoms with E-state index in [0.717, 1.165) is 43.4 Å². The zero-order valence-electron chi connectivity index (χ0n) is 13.5. The van der Waals surface area contributed by atoms with Gasteiger partial charge in [0, 0.05) is 44.8 Å². The number of piperazine rings is 1. The third-order valence-electron chi connectivity index (χ3n) is 3.80. The van der Waals surface area contributed by atoms with Gasteiger partial charge in [0.05, 0.1) is 17.6 Å². The highest BCUT2D eigenvalue weighted by Crippen LogP contribution is 2.11. The van der Waals surface area contributed by atoms with Crippen molar-refractivity contribution >= 4 is 28.9 Å². The van der Waals surface area contributed by atoms with Crippen LogP contribution in [-0.2, 0) is 0 Å². The van der Waals surface area contributed by atoms with Gasteiger partial charge in [0.1, 0.15) is 5.82 Å². The van der Waals surface area contributed by atoms with Gasteiger partial charge in [-0.25, -0.2) is 4.98 Å². The minimum atomic E-state index is 0.629. The number of rotatable bonds is 3. The maximum absolute atomic E-state index is 5.44. The second-order valence-corrected chi connectivity index (χ2v) is 5.75. The van der Waals surface area contributed by atoms with E-state index < -0.39 is 0 Å². The minimum Gasteiger partial charge on any atom is -0.352 e. The van der Waals surface area contributed by atoms with E-state index in [1.165, 1.54) is 0 Å². The van der Waals surface area contributed by atoms with Crippen molar-refractivity contribution < 1.29 is 0 Å². The van der Waals surface area contributed by atoms with E-state index >= 15 is 0 Å². The summed E-state index contributed by atoms with van der Waals surface area (Å²) in [6, 6.07) is 5.74. The summed E-state index contributed by atoms with van der Waals surface area (Å²) in [7, 11) is 0. The lowest BCUT2D eigenvalue weighted by molar-refractivity contribution is 0.380. The summed E-state index contributed by atoms with van der Waals surface area (Å²) in [5.41, 5.74) is 4.60. The lowest BCUT2D eigenvalue weighted by atomic mass is 10.3. The molecule has 3 rings (SSSR count). The first-order valence-corrected chi connectivity index (χ1v) is 8.16. The van der Waals surface area contributed by atoms with Crippen molar-refractivity contribution in [2.75, 3.05) is 31.1 Å². The Kier molecular flexibility index (Phi) is 5.27. The van der Waals surface area contributed by atoms with E-state index in [1.54, 1.807) is 24.8 Å². The van der Waals surface area contributed by atoms with Gasteiger partial charge in [-0.05, 0) is 31.3 Å². The van der Waals surface area contributed by atoms with Crippen molar-refractivity contribution in [2.24, 2.45) is 5.10 Å². The lowest BCUT2D eigenvalue weighted by Crippen LogP contribution is -2.51. The molecule has 124 valence electrons. The average molecular weight is 341 g/mol. The molecule has 1 aliphatic heterocycles. The average Bonchev–Trinajstić information content (AvgIpc) is 2.67.